The lowest BCUT2D eigenvalue weighted by molar-refractivity contribution is -0.137. The Hall–Kier alpha value is -2.05. The molecular weight excluding hydrogens is 204 g/mol. The van der Waals surface area contributed by atoms with Crippen molar-refractivity contribution in [2.75, 3.05) is 0 Å². The monoisotopic (exact) mass is 214 g/mol. The normalized spacial score (nSPS) is 12.0. The summed E-state index contributed by atoms with van der Waals surface area (Å²) in [6.45, 7) is 0. The standard InChI is InChI=1S/C8H10N2O5/c11-4-9-6(2-7(12)13)1-5-3-15-10-8(5)14/h3-4,6H,1-2H2,(H,9,11)(H,10,14)(H,12,13). The van der Waals surface area contributed by atoms with E-state index in [1.54, 1.807) is 0 Å². The lowest BCUT2D eigenvalue weighted by Gasteiger charge is -2.11. The first-order chi connectivity index (χ1) is 7.13. The van der Waals surface area contributed by atoms with Crippen molar-refractivity contribution < 1.29 is 19.2 Å². The Kier molecular flexibility index (Phi) is 3.67. The second-order valence-electron chi connectivity index (χ2n) is 2.98. The topological polar surface area (TPSA) is 112 Å². The minimum absolute atomic E-state index is 0.122. The summed E-state index contributed by atoms with van der Waals surface area (Å²) >= 11 is 0. The first kappa shape index (κ1) is 11.0. The van der Waals surface area contributed by atoms with Gasteiger partial charge < -0.3 is 14.9 Å². The van der Waals surface area contributed by atoms with Gasteiger partial charge in [0.05, 0.1) is 12.0 Å². The highest BCUT2D eigenvalue weighted by atomic mass is 16.5. The molecule has 0 aliphatic rings. The van der Waals surface area contributed by atoms with Crippen LogP contribution in [0.25, 0.3) is 0 Å². The van der Waals surface area contributed by atoms with Gasteiger partial charge in [0, 0.05) is 12.5 Å². The first-order valence-corrected chi connectivity index (χ1v) is 4.20. The largest absolute Gasteiger partial charge is 0.481 e. The SMILES string of the molecule is O=CNC(CC(=O)O)Cc1co[nH]c1=O. The number of carbonyl (C=O) groups excluding carboxylic acids is 1. The van der Waals surface area contributed by atoms with Crippen LogP contribution in [0.4, 0.5) is 0 Å². The molecule has 15 heavy (non-hydrogen) atoms. The van der Waals surface area contributed by atoms with Gasteiger partial charge >= 0.3 is 5.97 Å². The fourth-order valence-electron chi connectivity index (χ4n) is 1.18. The smallest absolute Gasteiger partial charge is 0.305 e. The van der Waals surface area contributed by atoms with Crippen LogP contribution in [0.5, 0.6) is 0 Å². The number of carboxylic acids is 1. The second kappa shape index (κ2) is 4.99. The molecule has 7 nitrogen and oxygen atoms in total. The molecule has 3 N–H and O–H groups in total. The summed E-state index contributed by atoms with van der Waals surface area (Å²) < 4.78 is 4.53. The minimum atomic E-state index is -1.05. The molecule has 1 atom stereocenters. The number of H-pyrrole nitrogens is 1. The number of nitrogens with one attached hydrogen (secondary N) is 2. The van der Waals surface area contributed by atoms with Crippen LogP contribution in [-0.4, -0.2) is 28.7 Å². The van der Waals surface area contributed by atoms with Crippen molar-refractivity contribution in [3.63, 3.8) is 0 Å². The predicted octanol–water partition coefficient (Wildman–Crippen LogP) is -0.900. The molecule has 1 aromatic rings. The van der Waals surface area contributed by atoms with Gasteiger partial charge in [0.2, 0.25) is 6.41 Å². The number of aromatic nitrogens is 1. The molecule has 1 aromatic heterocycles. The average molecular weight is 214 g/mol. The molecule has 0 aromatic carbocycles. The molecule has 0 saturated carbocycles. The molecule has 1 rings (SSSR count). The summed E-state index contributed by atoms with van der Waals surface area (Å²) in [6.07, 6.45) is 1.48. The fourth-order valence-corrected chi connectivity index (χ4v) is 1.18. The zero-order valence-corrected chi connectivity index (χ0v) is 7.73. The molecule has 0 radical (unpaired) electrons. The quantitative estimate of drug-likeness (QED) is 0.531. The van der Waals surface area contributed by atoms with E-state index in [9.17, 15) is 14.4 Å². The molecule has 7 heteroatoms. The molecule has 0 bridgehead atoms. The molecular formula is C8H10N2O5. The maximum atomic E-state index is 11.0. The number of carboxylic acid groups (broad SMARTS) is 1. The molecule has 0 fully saturated rings. The number of aliphatic carboxylic acids is 1. The highest BCUT2D eigenvalue weighted by Crippen LogP contribution is 2.01. The Morgan fingerprint density at radius 3 is 2.93 bits per heavy atom. The highest BCUT2D eigenvalue weighted by molar-refractivity contribution is 5.68. The van der Waals surface area contributed by atoms with Crippen LogP contribution >= 0.6 is 0 Å². The van der Waals surface area contributed by atoms with Gasteiger partial charge in [-0.25, -0.2) is 0 Å². The second-order valence-corrected chi connectivity index (χ2v) is 2.98. The third kappa shape index (κ3) is 3.29. The minimum Gasteiger partial charge on any atom is -0.481 e. The third-order valence-corrected chi connectivity index (χ3v) is 1.84. The summed E-state index contributed by atoms with van der Waals surface area (Å²) in [4.78, 5) is 31.7. The predicted molar refractivity (Wildman–Crippen MR) is 48.3 cm³/mol. The molecule has 82 valence electrons. The van der Waals surface area contributed by atoms with E-state index in [0.29, 0.717) is 12.0 Å². The van der Waals surface area contributed by atoms with Gasteiger partial charge in [0.25, 0.3) is 5.56 Å². The Labute approximate surface area is 84.1 Å². The number of hydrogen-bond acceptors (Lipinski definition) is 4. The van der Waals surface area contributed by atoms with Crippen LogP contribution in [0.15, 0.2) is 15.6 Å². The van der Waals surface area contributed by atoms with Crippen LogP contribution in [0, 0.1) is 0 Å². The van der Waals surface area contributed by atoms with Crippen molar-refractivity contribution in [1.82, 2.24) is 10.5 Å². The van der Waals surface area contributed by atoms with E-state index >= 15 is 0 Å². The van der Waals surface area contributed by atoms with E-state index in [2.05, 4.69) is 15.0 Å². The van der Waals surface area contributed by atoms with E-state index in [1.165, 1.54) is 6.26 Å². The van der Waals surface area contributed by atoms with E-state index in [0.717, 1.165) is 0 Å². The number of hydrogen-bond donors (Lipinski definition) is 3. The Balaban J connectivity index is 2.66. The van der Waals surface area contributed by atoms with Gasteiger partial charge in [-0.05, 0) is 0 Å². The van der Waals surface area contributed by atoms with Crippen molar-refractivity contribution in [1.29, 1.82) is 0 Å². The molecule has 1 heterocycles. The zero-order valence-electron chi connectivity index (χ0n) is 7.73. The van der Waals surface area contributed by atoms with Crippen LogP contribution in [-0.2, 0) is 16.0 Å². The highest BCUT2D eigenvalue weighted by Gasteiger charge is 2.15. The fraction of sp³-hybridized carbons (Fsp3) is 0.375. The van der Waals surface area contributed by atoms with Gasteiger partial charge in [-0.3, -0.25) is 14.4 Å². The van der Waals surface area contributed by atoms with Crippen molar-refractivity contribution in [2.45, 2.75) is 18.9 Å². The summed E-state index contributed by atoms with van der Waals surface area (Å²) in [7, 11) is 0. The first-order valence-electron chi connectivity index (χ1n) is 4.20. The number of rotatable bonds is 6. The van der Waals surface area contributed by atoms with Gasteiger partial charge in [-0.1, -0.05) is 0 Å². The molecule has 1 unspecified atom stereocenters. The van der Waals surface area contributed by atoms with Crippen LogP contribution in [0.2, 0.25) is 0 Å². The number of carbonyl (C=O) groups is 2. The average Bonchev–Trinajstić information content (AvgIpc) is 2.51. The molecule has 0 saturated heterocycles. The summed E-state index contributed by atoms with van der Waals surface area (Å²) in [5, 5.41) is 12.9. The number of amides is 1. The maximum Gasteiger partial charge on any atom is 0.305 e. The van der Waals surface area contributed by atoms with Gasteiger partial charge in [0.15, 0.2) is 0 Å². The van der Waals surface area contributed by atoms with Crippen LogP contribution in [0.3, 0.4) is 0 Å². The van der Waals surface area contributed by atoms with E-state index in [-0.39, 0.29) is 12.8 Å². The van der Waals surface area contributed by atoms with Crippen molar-refractivity contribution in [2.24, 2.45) is 0 Å². The molecule has 0 aliphatic carbocycles. The van der Waals surface area contributed by atoms with Crippen LogP contribution in [0.1, 0.15) is 12.0 Å². The summed E-state index contributed by atoms with van der Waals surface area (Å²) in [5.41, 5.74) is -0.117. The lowest BCUT2D eigenvalue weighted by atomic mass is 10.1. The van der Waals surface area contributed by atoms with E-state index < -0.39 is 17.6 Å². The van der Waals surface area contributed by atoms with E-state index in [1.807, 2.05) is 0 Å². The van der Waals surface area contributed by atoms with Crippen molar-refractivity contribution >= 4 is 12.4 Å². The van der Waals surface area contributed by atoms with E-state index in [4.69, 9.17) is 5.11 Å². The summed E-state index contributed by atoms with van der Waals surface area (Å²) in [6, 6.07) is -0.612. The van der Waals surface area contributed by atoms with Crippen molar-refractivity contribution in [3.05, 3.63) is 22.2 Å². The van der Waals surface area contributed by atoms with Gasteiger partial charge in [-0.2, -0.15) is 5.16 Å². The molecule has 1 amide bonds. The lowest BCUT2D eigenvalue weighted by Crippen LogP contribution is -2.33. The van der Waals surface area contributed by atoms with Crippen molar-refractivity contribution in [3.8, 4) is 0 Å². The van der Waals surface area contributed by atoms with Gasteiger partial charge in [0.1, 0.15) is 6.26 Å². The molecule has 0 spiro atoms. The Morgan fingerprint density at radius 1 is 1.73 bits per heavy atom. The zero-order chi connectivity index (χ0) is 11.3. The number of aromatic amines is 1. The molecule has 0 aliphatic heterocycles. The van der Waals surface area contributed by atoms with Gasteiger partial charge in [-0.15, -0.1) is 0 Å². The third-order valence-electron chi connectivity index (χ3n) is 1.84. The Bertz CT molecular complexity index is 394. The Morgan fingerprint density at radius 2 is 2.47 bits per heavy atom. The summed E-state index contributed by atoms with van der Waals surface area (Å²) in [5.74, 6) is -1.05. The van der Waals surface area contributed by atoms with Crippen LogP contribution < -0.4 is 10.9 Å². The maximum absolute atomic E-state index is 11.0.